The molecule has 2 atom stereocenters. The average molecular weight is 300 g/mol. The van der Waals surface area contributed by atoms with Crippen LogP contribution in [0.3, 0.4) is 0 Å². The Morgan fingerprint density at radius 3 is 2.65 bits per heavy atom. The highest BCUT2D eigenvalue weighted by molar-refractivity contribution is 6.30. The van der Waals surface area contributed by atoms with Crippen molar-refractivity contribution in [2.45, 2.75) is 46.3 Å². The second kappa shape index (κ2) is 5.90. The highest BCUT2D eigenvalue weighted by Crippen LogP contribution is 2.44. The van der Waals surface area contributed by atoms with E-state index in [9.17, 15) is 4.39 Å². The average Bonchev–Trinajstić information content (AvgIpc) is 2.31. The molecule has 20 heavy (non-hydrogen) atoms. The second-order valence-electron chi connectivity index (χ2n) is 6.63. The quantitative estimate of drug-likeness (QED) is 0.848. The van der Waals surface area contributed by atoms with E-state index < -0.39 is 0 Å². The van der Waals surface area contributed by atoms with E-state index in [2.05, 4.69) is 33.0 Å². The van der Waals surface area contributed by atoms with Crippen LogP contribution >= 0.6 is 11.6 Å². The van der Waals surface area contributed by atoms with Crippen molar-refractivity contribution in [3.05, 3.63) is 29.0 Å². The minimum atomic E-state index is -0.315. The van der Waals surface area contributed by atoms with Crippen molar-refractivity contribution in [2.75, 3.05) is 11.9 Å². The summed E-state index contributed by atoms with van der Waals surface area (Å²) in [6.45, 7) is 9.44. The van der Waals surface area contributed by atoms with Gasteiger partial charge in [-0.3, -0.25) is 0 Å². The van der Waals surface area contributed by atoms with Gasteiger partial charge in [0, 0.05) is 28.8 Å². The lowest BCUT2D eigenvalue weighted by Crippen LogP contribution is -2.58. The van der Waals surface area contributed by atoms with E-state index in [-0.39, 0.29) is 23.4 Å². The van der Waals surface area contributed by atoms with Gasteiger partial charge in [-0.2, -0.15) is 0 Å². The van der Waals surface area contributed by atoms with Gasteiger partial charge in [0.15, 0.2) is 0 Å². The fourth-order valence-corrected chi connectivity index (χ4v) is 2.78. The maximum Gasteiger partial charge on any atom is 0.126 e. The molecule has 2 rings (SSSR count). The molecule has 0 radical (unpaired) electrons. The predicted octanol–water partition coefficient (Wildman–Crippen LogP) is 4.73. The van der Waals surface area contributed by atoms with Crippen molar-refractivity contribution >= 4 is 17.3 Å². The maximum atomic E-state index is 13.3. The zero-order chi connectivity index (χ0) is 14.9. The summed E-state index contributed by atoms with van der Waals surface area (Å²) in [5.74, 6) is 0.226. The van der Waals surface area contributed by atoms with Gasteiger partial charge >= 0.3 is 0 Å². The van der Waals surface area contributed by atoms with Crippen LogP contribution in [0.2, 0.25) is 5.02 Å². The number of halogens is 2. The third kappa shape index (κ3) is 3.44. The maximum absolute atomic E-state index is 13.3. The van der Waals surface area contributed by atoms with Crippen LogP contribution in [0.1, 0.15) is 34.1 Å². The Labute approximate surface area is 125 Å². The number of hydrogen-bond donors (Lipinski definition) is 1. The molecule has 1 aromatic rings. The summed E-state index contributed by atoms with van der Waals surface area (Å²) in [4.78, 5) is 0. The van der Waals surface area contributed by atoms with Gasteiger partial charge < -0.3 is 10.1 Å². The molecule has 1 N–H and O–H groups in total. The standard InChI is InChI=1S/C16H23ClFNO/c1-10(2)9-20-15-8-14(16(15,3)4)19-13-6-11(17)5-12(18)7-13/h5-7,10,14-15,19H,8-9H2,1-4H3. The lowest BCUT2D eigenvalue weighted by atomic mass is 9.64. The van der Waals surface area contributed by atoms with Crippen LogP contribution in [0, 0.1) is 17.2 Å². The van der Waals surface area contributed by atoms with Crippen molar-refractivity contribution in [2.24, 2.45) is 11.3 Å². The topological polar surface area (TPSA) is 21.3 Å². The molecule has 1 saturated carbocycles. The number of ether oxygens (including phenoxy) is 1. The number of rotatable bonds is 5. The van der Waals surface area contributed by atoms with Crippen molar-refractivity contribution in [3.63, 3.8) is 0 Å². The van der Waals surface area contributed by atoms with Gasteiger partial charge in [0.25, 0.3) is 0 Å². The Hall–Kier alpha value is -0.800. The fourth-order valence-electron chi connectivity index (χ4n) is 2.56. The summed E-state index contributed by atoms with van der Waals surface area (Å²) < 4.78 is 19.3. The minimum absolute atomic E-state index is 0.0354. The van der Waals surface area contributed by atoms with Gasteiger partial charge in [-0.1, -0.05) is 39.3 Å². The molecule has 0 heterocycles. The molecule has 1 aliphatic carbocycles. The van der Waals surface area contributed by atoms with E-state index in [0.717, 1.165) is 18.7 Å². The molecule has 0 aromatic heterocycles. The first-order valence-electron chi connectivity index (χ1n) is 7.13. The van der Waals surface area contributed by atoms with Crippen LogP contribution in [-0.2, 0) is 4.74 Å². The van der Waals surface area contributed by atoms with E-state index in [1.165, 1.54) is 12.1 Å². The fraction of sp³-hybridized carbons (Fsp3) is 0.625. The van der Waals surface area contributed by atoms with Crippen molar-refractivity contribution < 1.29 is 9.13 Å². The lowest BCUT2D eigenvalue weighted by Gasteiger charge is -2.52. The van der Waals surface area contributed by atoms with Gasteiger partial charge in [-0.25, -0.2) is 4.39 Å². The highest BCUT2D eigenvalue weighted by atomic mass is 35.5. The van der Waals surface area contributed by atoms with E-state index in [4.69, 9.17) is 16.3 Å². The first-order valence-corrected chi connectivity index (χ1v) is 7.51. The summed E-state index contributed by atoms with van der Waals surface area (Å²) in [6.07, 6.45) is 1.19. The third-order valence-electron chi connectivity index (χ3n) is 4.01. The second-order valence-corrected chi connectivity index (χ2v) is 7.06. The molecule has 112 valence electrons. The summed E-state index contributed by atoms with van der Waals surface area (Å²) in [5, 5.41) is 3.78. The molecular weight excluding hydrogens is 277 g/mol. The summed E-state index contributed by atoms with van der Waals surface area (Å²) in [5.41, 5.74) is 0.767. The Morgan fingerprint density at radius 1 is 1.40 bits per heavy atom. The largest absolute Gasteiger partial charge is 0.381 e. The van der Waals surface area contributed by atoms with Crippen molar-refractivity contribution in [3.8, 4) is 0 Å². The first kappa shape index (κ1) is 15.6. The molecule has 1 fully saturated rings. The van der Waals surface area contributed by atoms with Gasteiger partial charge in [0.2, 0.25) is 0 Å². The van der Waals surface area contributed by atoms with E-state index in [1.807, 2.05) is 0 Å². The summed E-state index contributed by atoms with van der Waals surface area (Å²) in [7, 11) is 0. The monoisotopic (exact) mass is 299 g/mol. The Balaban J connectivity index is 1.95. The summed E-state index contributed by atoms with van der Waals surface area (Å²) >= 11 is 5.87. The van der Waals surface area contributed by atoms with Crippen molar-refractivity contribution in [1.82, 2.24) is 0 Å². The molecule has 1 aromatic carbocycles. The van der Waals surface area contributed by atoms with Gasteiger partial charge in [0.1, 0.15) is 5.82 Å². The predicted molar refractivity (Wildman–Crippen MR) is 81.8 cm³/mol. The van der Waals surface area contributed by atoms with Crippen LogP contribution in [0.5, 0.6) is 0 Å². The number of hydrogen-bond acceptors (Lipinski definition) is 2. The highest BCUT2D eigenvalue weighted by Gasteiger charge is 2.49. The molecule has 0 bridgehead atoms. The Bertz CT molecular complexity index is 455. The van der Waals surface area contributed by atoms with Crippen LogP contribution in [0.25, 0.3) is 0 Å². The third-order valence-corrected chi connectivity index (χ3v) is 4.23. The van der Waals surface area contributed by atoms with Gasteiger partial charge in [0.05, 0.1) is 6.10 Å². The molecule has 2 nitrogen and oxygen atoms in total. The lowest BCUT2D eigenvalue weighted by molar-refractivity contribution is -0.108. The molecule has 0 saturated heterocycles. The normalized spacial score (nSPS) is 24.6. The molecule has 0 amide bonds. The Morgan fingerprint density at radius 2 is 2.10 bits per heavy atom. The smallest absolute Gasteiger partial charge is 0.126 e. The van der Waals surface area contributed by atoms with Crippen LogP contribution in [0.4, 0.5) is 10.1 Å². The van der Waals surface area contributed by atoms with Crippen molar-refractivity contribution in [1.29, 1.82) is 0 Å². The van der Waals surface area contributed by atoms with Crippen LogP contribution in [0.15, 0.2) is 18.2 Å². The number of nitrogens with one attached hydrogen (secondary N) is 1. The minimum Gasteiger partial charge on any atom is -0.381 e. The van der Waals surface area contributed by atoms with Gasteiger partial charge in [-0.15, -0.1) is 0 Å². The molecule has 0 aliphatic heterocycles. The summed E-state index contributed by atoms with van der Waals surface area (Å²) in [6, 6.07) is 4.82. The zero-order valence-corrected chi connectivity index (χ0v) is 13.3. The van der Waals surface area contributed by atoms with Crippen LogP contribution < -0.4 is 5.32 Å². The van der Waals surface area contributed by atoms with E-state index in [1.54, 1.807) is 6.07 Å². The van der Waals surface area contributed by atoms with E-state index in [0.29, 0.717) is 10.9 Å². The molecule has 1 aliphatic rings. The van der Waals surface area contributed by atoms with E-state index >= 15 is 0 Å². The Kier molecular flexibility index (Phi) is 4.60. The first-order chi connectivity index (χ1) is 9.29. The molecule has 0 spiro atoms. The zero-order valence-electron chi connectivity index (χ0n) is 12.5. The number of anilines is 1. The molecule has 4 heteroatoms. The molecular formula is C16H23ClFNO. The SMILES string of the molecule is CC(C)COC1CC(Nc2cc(F)cc(Cl)c2)C1(C)C. The van der Waals surface area contributed by atoms with Crippen LogP contribution in [-0.4, -0.2) is 18.8 Å². The van der Waals surface area contributed by atoms with Gasteiger partial charge in [-0.05, 0) is 30.5 Å². The molecule has 2 unspecified atom stereocenters. The number of benzene rings is 1.